The Bertz CT molecular complexity index is 250. The van der Waals surface area contributed by atoms with Gasteiger partial charge in [0.05, 0.1) is 6.61 Å². The molecule has 0 bridgehead atoms. The van der Waals surface area contributed by atoms with Crippen LogP contribution in [0.5, 0.6) is 0 Å². The number of carboxylic acids is 1. The van der Waals surface area contributed by atoms with Gasteiger partial charge in [0.25, 0.3) is 0 Å². The quantitative estimate of drug-likeness (QED) is 0.739. The predicted octanol–water partition coefficient (Wildman–Crippen LogP) is 0.550. The van der Waals surface area contributed by atoms with Crippen molar-refractivity contribution in [2.75, 3.05) is 32.8 Å². The van der Waals surface area contributed by atoms with E-state index in [2.05, 4.69) is 10.2 Å². The van der Waals surface area contributed by atoms with Crippen molar-refractivity contribution in [2.45, 2.75) is 38.8 Å². The SMILES string of the molecule is CC(C)NC(C)(CN1CCCOCC1)C(=O)O. The fourth-order valence-electron chi connectivity index (χ4n) is 2.22. The van der Waals surface area contributed by atoms with Crippen LogP contribution in [0, 0.1) is 0 Å². The molecule has 1 unspecified atom stereocenters. The number of hydrogen-bond acceptors (Lipinski definition) is 4. The summed E-state index contributed by atoms with van der Waals surface area (Å²) in [5, 5.41) is 12.5. The highest BCUT2D eigenvalue weighted by Crippen LogP contribution is 2.11. The van der Waals surface area contributed by atoms with Crippen molar-refractivity contribution in [3.8, 4) is 0 Å². The second kappa shape index (κ2) is 6.33. The fraction of sp³-hybridized carbons (Fsp3) is 0.917. The minimum atomic E-state index is -0.890. The van der Waals surface area contributed by atoms with E-state index >= 15 is 0 Å². The zero-order valence-electron chi connectivity index (χ0n) is 11.0. The van der Waals surface area contributed by atoms with Crippen LogP contribution in [0.4, 0.5) is 0 Å². The molecule has 0 amide bonds. The van der Waals surface area contributed by atoms with Gasteiger partial charge in [0.1, 0.15) is 5.54 Å². The van der Waals surface area contributed by atoms with Gasteiger partial charge >= 0.3 is 5.97 Å². The first-order valence-electron chi connectivity index (χ1n) is 6.25. The molecule has 1 saturated heterocycles. The van der Waals surface area contributed by atoms with E-state index in [0.29, 0.717) is 13.2 Å². The maximum absolute atomic E-state index is 11.4. The van der Waals surface area contributed by atoms with E-state index in [-0.39, 0.29) is 6.04 Å². The standard InChI is InChI=1S/C12H24N2O3/c1-10(2)13-12(3,11(15)16)9-14-5-4-7-17-8-6-14/h10,13H,4-9H2,1-3H3,(H,15,16). The van der Waals surface area contributed by atoms with Gasteiger partial charge in [-0.25, -0.2) is 0 Å². The molecule has 0 aromatic heterocycles. The average molecular weight is 244 g/mol. The molecule has 0 radical (unpaired) electrons. The van der Waals surface area contributed by atoms with Crippen molar-refractivity contribution in [3.05, 3.63) is 0 Å². The van der Waals surface area contributed by atoms with Gasteiger partial charge < -0.3 is 9.84 Å². The summed E-state index contributed by atoms with van der Waals surface area (Å²) in [5.41, 5.74) is -0.890. The smallest absolute Gasteiger partial charge is 0.324 e. The van der Waals surface area contributed by atoms with E-state index in [1.165, 1.54) is 0 Å². The third-order valence-corrected chi connectivity index (χ3v) is 2.93. The van der Waals surface area contributed by atoms with Crippen LogP contribution in [0.3, 0.4) is 0 Å². The summed E-state index contributed by atoms with van der Waals surface area (Å²) in [5.74, 6) is -0.795. The molecule has 1 atom stereocenters. The normalized spacial score (nSPS) is 22.1. The second-order valence-corrected chi connectivity index (χ2v) is 5.18. The van der Waals surface area contributed by atoms with E-state index < -0.39 is 11.5 Å². The first kappa shape index (κ1) is 14.4. The topological polar surface area (TPSA) is 61.8 Å². The minimum absolute atomic E-state index is 0.152. The molecule has 1 heterocycles. The maximum atomic E-state index is 11.4. The number of nitrogens with one attached hydrogen (secondary N) is 1. The molecule has 1 aliphatic rings. The number of rotatable bonds is 5. The summed E-state index contributed by atoms with van der Waals surface area (Å²) in [6, 6.07) is 0.152. The van der Waals surface area contributed by atoms with Gasteiger partial charge in [-0.2, -0.15) is 0 Å². The number of carbonyl (C=O) groups is 1. The van der Waals surface area contributed by atoms with Crippen molar-refractivity contribution >= 4 is 5.97 Å². The monoisotopic (exact) mass is 244 g/mol. The number of hydrogen-bond donors (Lipinski definition) is 2. The van der Waals surface area contributed by atoms with Gasteiger partial charge in [-0.15, -0.1) is 0 Å². The van der Waals surface area contributed by atoms with Crippen molar-refractivity contribution < 1.29 is 14.6 Å². The molecule has 5 heteroatoms. The Balaban J connectivity index is 2.61. The molecule has 0 aliphatic carbocycles. The van der Waals surface area contributed by atoms with Crippen LogP contribution in [0.15, 0.2) is 0 Å². The number of nitrogens with zero attached hydrogens (tertiary/aromatic N) is 1. The third kappa shape index (κ3) is 4.61. The van der Waals surface area contributed by atoms with Gasteiger partial charge in [0.15, 0.2) is 0 Å². The molecule has 17 heavy (non-hydrogen) atoms. The summed E-state index contributed by atoms with van der Waals surface area (Å²) >= 11 is 0. The highest BCUT2D eigenvalue weighted by molar-refractivity contribution is 5.78. The Labute approximate surface area is 103 Å². The van der Waals surface area contributed by atoms with Gasteiger partial charge in [-0.3, -0.25) is 15.0 Å². The van der Waals surface area contributed by atoms with Crippen molar-refractivity contribution in [3.63, 3.8) is 0 Å². The van der Waals surface area contributed by atoms with E-state index in [4.69, 9.17) is 4.74 Å². The van der Waals surface area contributed by atoms with Gasteiger partial charge in [0, 0.05) is 32.3 Å². The van der Waals surface area contributed by atoms with Crippen LogP contribution in [-0.2, 0) is 9.53 Å². The molecule has 1 fully saturated rings. The van der Waals surface area contributed by atoms with Crippen LogP contribution in [-0.4, -0.2) is 60.4 Å². The van der Waals surface area contributed by atoms with Crippen LogP contribution < -0.4 is 5.32 Å². The lowest BCUT2D eigenvalue weighted by Crippen LogP contribution is -2.59. The lowest BCUT2D eigenvalue weighted by Gasteiger charge is -2.33. The van der Waals surface area contributed by atoms with Crippen LogP contribution in [0.2, 0.25) is 0 Å². The van der Waals surface area contributed by atoms with E-state index in [1.807, 2.05) is 13.8 Å². The Morgan fingerprint density at radius 1 is 1.47 bits per heavy atom. The van der Waals surface area contributed by atoms with E-state index in [1.54, 1.807) is 6.92 Å². The van der Waals surface area contributed by atoms with Crippen molar-refractivity contribution in [1.82, 2.24) is 10.2 Å². The van der Waals surface area contributed by atoms with Crippen LogP contribution in [0.1, 0.15) is 27.2 Å². The van der Waals surface area contributed by atoms with Crippen molar-refractivity contribution in [2.24, 2.45) is 0 Å². The van der Waals surface area contributed by atoms with E-state index in [0.717, 1.165) is 26.1 Å². The highest BCUT2D eigenvalue weighted by atomic mass is 16.5. The van der Waals surface area contributed by atoms with Gasteiger partial charge in [-0.1, -0.05) is 0 Å². The Kier molecular flexibility index (Phi) is 5.36. The van der Waals surface area contributed by atoms with E-state index in [9.17, 15) is 9.90 Å². The lowest BCUT2D eigenvalue weighted by atomic mass is 10.0. The Morgan fingerprint density at radius 3 is 2.76 bits per heavy atom. The maximum Gasteiger partial charge on any atom is 0.324 e. The molecule has 1 aliphatic heterocycles. The summed E-state index contributed by atoms with van der Waals surface area (Å²) in [6.45, 7) is 9.38. The van der Waals surface area contributed by atoms with Crippen molar-refractivity contribution in [1.29, 1.82) is 0 Å². The minimum Gasteiger partial charge on any atom is -0.480 e. The predicted molar refractivity (Wildman–Crippen MR) is 66.2 cm³/mol. The molecular weight excluding hydrogens is 220 g/mol. The summed E-state index contributed by atoms with van der Waals surface area (Å²) in [4.78, 5) is 13.6. The molecule has 100 valence electrons. The second-order valence-electron chi connectivity index (χ2n) is 5.18. The van der Waals surface area contributed by atoms with Gasteiger partial charge in [-0.05, 0) is 27.2 Å². The summed E-state index contributed by atoms with van der Waals surface area (Å²) in [7, 11) is 0. The molecule has 2 N–H and O–H groups in total. The molecule has 0 aromatic carbocycles. The first-order chi connectivity index (χ1) is 7.94. The Hall–Kier alpha value is -0.650. The fourth-order valence-corrected chi connectivity index (χ4v) is 2.22. The summed E-state index contributed by atoms with van der Waals surface area (Å²) in [6.07, 6.45) is 0.970. The summed E-state index contributed by atoms with van der Waals surface area (Å²) < 4.78 is 5.37. The van der Waals surface area contributed by atoms with Crippen LogP contribution in [0.25, 0.3) is 0 Å². The molecule has 5 nitrogen and oxygen atoms in total. The zero-order chi connectivity index (χ0) is 12.9. The highest BCUT2D eigenvalue weighted by Gasteiger charge is 2.35. The molecule has 0 spiro atoms. The molecule has 1 rings (SSSR count). The first-order valence-corrected chi connectivity index (χ1v) is 6.25. The molecular formula is C12H24N2O3. The zero-order valence-corrected chi connectivity index (χ0v) is 11.0. The Morgan fingerprint density at radius 2 is 2.18 bits per heavy atom. The lowest BCUT2D eigenvalue weighted by molar-refractivity contribution is -0.145. The number of aliphatic carboxylic acids is 1. The largest absolute Gasteiger partial charge is 0.480 e. The van der Waals surface area contributed by atoms with Crippen LogP contribution >= 0.6 is 0 Å². The van der Waals surface area contributed by atoms with Gasteiger partial charge in [0.2, 0.25) is 0 Å². The average Bonchev–Trinajstić information content (AvgIpc) is 2.44. The third-order valence-electron chi connectivity index (χ3n) is 2.93. The molecule has 0 saturated carbocycles. The number of carboxylic acid groups (broad SMARTS) is 1. The molecule has 0 aromatic rings. The number of ether oxygens (including phenoxy) is 1.